The van der Waals surface area contributed by atoms with E-state index in [1.807, 2.05) is 6.07 Å². The molecule has 0 fully saturated rings. The number of aliphatic hydroxyl groups is 1. The average molecular weight is 448 g/mol. The molecule has 8 nitrogen and oxygen atoms in total. The number of nitrogens with zero attached hydrogens (tertiary/aromatic N) is 1. The van der Waals surface area contributed by atoms with E-state index in [9.17, 15) is 15.0 Å². The van der Waals surface area contributed by atoms with Gasteiger partial charge in [0, 0.05) is 20.4 Å². The van der Waals surface area contributed by atoms with Crippen molar-refractivity contribution in [2.45, 2.75) is 70.1 Å². The Morgan fingerprint density at radius 3 is 2.84 bits per heavy atom. The van der Waals surface area contributed by atoms with E-state index in [1.54, 1.807) is 19.2 Å². The highest BCUT2D eigenvalue weighted by atomic mass is 16.5. The second kappa shape index (κ2) is 13.0. The van der Waals surface area contributed by atoms with Crippen LogP contribution >= 0.6 is 0 Å². The number of ether oxygens (including phenoxy) is 2. The first-order chi connectivity index (χ1) is 15.3. The van der Waals surface area contributed by atoms with E-state index >= 15 is 0 Å². The Balaban J connectivity index is 1.89. The van der Waals surface area contributed by atoms with E-state index in [-0.39, 0.29) is 23.9 Å². The Hall–Kier alpha value is -2.74. The lowest BCUT2D eigenvalue weighted by molar-refractivity contribution is -0.148. The number of aliphatic imine (C=N–C) groups is 1. The van der Waals surface area contributed by atoms with E-state index in [4.69, 9.17) is 15.2 Å². The van der Waals surface area contributed by atoms with E-state index in [2.05, 4.69) is 22.5 Å². The van der Waals surface area contributed by atoms with Crippen LogP contribution in [0.2, 0.25) is 0 Å². The Bertz CT molecular complexity index is 796. The molecule has 2 rings (SSSR count). The van der Waals surface area contributed by atoms with Gasteiger partial charge >= 0.3 is 5.97 Å². The number of benzene rings is 1. The van der Waals surface area contributed by atoms with Crippen molar-refractivity contribution >= 4 is 11.9 Å². The molecular formula is C24H37N3O5. The topological polar surface area (TPSA) is 126 Å². The predicted octanol–water partition coefficient (Wildman–Crippen LogP) is 2.67. The third kappa shape index (κ3) is 8.42. The zero-order valence-corrected chi connectivity index (χ0v) is 19.3. The van der Waals surface area contributed by atoms with Gasteiger partial charge < -0.3 is 30.7 Å². The van der Waals surface area contributed by atoms with Crippen LogP contribution in [0.1, 0.15) is 51.0 Å². The van der Waals surface area contributed by atoms with Gasteiger partial charge in [-0.3, -0.25) is 9.79 Å². The maximum Gasteiger partial charge on any atom is 0.302 e. The first-order valence-electron chi connectivity index (χ1n) is 11.2. The number of rotatable bonds is 11. The number of hydrogen-bond donors (Lipinski definition) is 4. The predicted molar refractivity (Wildman–Crippen MR) is 125 cm³/mol. The van der Waals surface area contributed by atoms with E-state index in [0.717, 1.165) is 24.8 Å². The van der Waals surface area contributed by atoms with Gasteiger partial charge in [-0.2, -0.15) is 0 Å². The van der Waals surface area contributed by atoms with Crippen molar-refractivity contribution in [3.63, 3.8) is 0 Å². The number of guanidine groups is 1. The van der Waals surface area contributed by atoms with Crippen molar-refractivity contribution < 1.29 is 24.5 Å². The first kappa shape index (κ1) is 25.5. The number of carbonyl (C=O) groups excluding carboxylic acids is 1. The van der Waals surface area contributed by atoms with Crippen LogP contribution in [-0.4, -0.2) is 54.5 Å². The zero-order valence-electron chi connectivity index (χ0n) is 19.3. The number of esters is 1. The van der Waals surface area contributed by atoms with Crippen molar-refractivity contribution in [3.05, 3.63) is 35.9 Å². The Labute approximate surface area is 190 Å². The van der Waals surface area contributed by atoms with Crippen LogP contribution in [0.4, 0.5) is 0 Å². The summed E-state index contributed by atoms with van der Waals surface area (Å²) >= 11 is 0. The molecule has 5 N–H and O–H groups in total. The summed E-state index contributed by atoms with van der Waals surface area (Å²) in [6.45, 7) is 1.38. The molecule has 0 amide bonds. The van der Waals surface area contributed by atoms with Crippen LogP contribution in [0.15, 0.2) is 35.3 Å². The molecule has 32 heavy (non-hydrogen) atoms. The SMILES string of the molecule is CN=C(N)NC1C=CCCC1CCC(O)CC(CCc1ccc(O)c(OC)c1)OC(C)=O. The fourth-order valence-corrected chi connectivity index (χ4v) is 4.11. The molecule has 1 aromatic rings. The van der Waals surface area contributed by atoms with Gasteiger partial charge in [0.1, 0.15) is 6.10 Å². The van der Waals surface area contributed by atoms with E-state index < -0.39 is 6.10 Å². The van der Waals surface area contributed by atoms with Crippen molar-refractivity contribution in [2.24, 2.45) is 16.6 Å². The Kier molecular flexibility index (Phi) is 10.3. The van der Waals surface area contributed by atoms with E-state index in [0.29, 0.717) is 43.3 Å². The van der Waals surface area contributed by atoms with Gasteiger partial charge in [0.25, 0.3) is 0 Å². The molecule has 1 aromatic carbocycles. The molecule has 0 spiro atoms. The summed E-state index contributed by atoms with van der Waals surface area (Å²) in [5.41, 5.74) is 6.79. The summed E-state index contributed by atoms with van der Waals surface area (Å²) in [4.78, 5) is 15.5. The summed E-state index contributed by atoms with van der Waals surface area (Å²) < 4.78 is 10.6. The Morgan fingerprint density at radius 2 is 2.16 bits per heavy atom. The fourth-order valence-electron chi connectivity index (χ4n) is 4.11. The highest BCUT2D eigenvalue weighted by Crippen LogP contribution is 2.28. The number of phenols is 1. The van der Waals surface area contributed by atoms with Crippen LogP contribution in [0.25, 0.3) is 0 Å². The number of aliphatic hydroxyl groups excluding tert-OH is 1. The monoisotopic (exact) mass is 447 g/mol. The Morgan fingerprint density at radius 1 is 1.38 bits per heavy atom. The number of carbonyl (C=O) groups is 1. The van der Waals surface area contributed by atoms with Crippen LogP contribution in [0.3, 0.4) is 0 Å². The third-order valence-electron chi connectivity index (χ3n) is 5.85. The molecule has 8 heteroatoms. The number of phenolic OH excluding ortho intramolecular Hbond substituents is 1. The minimum absolute atomic E-state index is 0.0838. The van der Waals surface area contributed by atoms with Crippen LogP contribution in [0, 0.1) is 5.92 Å². The van der Waals surface area contributed by atoms with Gasteiger partial charge in [-0.25, -0.2) is 0 Å². The molecule has 178 valence electrons. The molecule has 0 saturated carbocycles. The van der Waals surface area contributed by atoms with Crippen molar-refractivity contribution in [3.8, 4) is 11.5 Å². The lowest BCUT2D eigenvalue weighted by Gasteiger charge is -2.30. The number of methoxy groups -OCH3 is 1. The lowest BCUT2D eigenvalue weighted by Crippen LogP contribution is -2.44. The molecule has 1 aliphatic carbocycles. The molecule has 0 aromatic heterocycles. The van der Waals surface area contributed by atoms with Gasteiger partial charge in [0.05, 0.1) is 19.3 Å². The zero-order chi connectivity index (χ0) is 23.5. The molecule has 1 aliphatic rings. The number of aryl methyl sites for hydroxylation is 1. The van der Waals surface area contributed by atoms with Crippen LogP contribution < -0.4 is 15.8 Å². The van der Waals surface area contributed by atoms with Gasteiger partial charge in [-0.05, 0) is 62.1 Å². The number of allylic oxidation sites excluding steroid dienone is 1. The van der Waals surface area contributed by atoms with Crippen molar-refractivity contribution in [2.75, 3.05) is 14.2 Å². The molecule has 0 bridgehead atoms. The number of nitrogens with two attached hydrogens (primary N) is 1. The van der Waals surface area contributed by atoms with E-state index in [1.165, 1.54) is 14.0 Å². The molecule has 0 aliphatic heterocycles. The lowest BCUT2D eigenvalue weighted by atomic mass is 9.84. The molecular weight excluding hydrogens is 410 g/mol. The number of aromatic hydroxyl groups is 1. The maximum absolute atomic E-state index is 11.6. The smallest absolute Gasteiger partial charge is 0.302 e. The summed E-state index contributed by atoms with van der Waals surface area (Å²) in [7, 11) is 3.15. The molecule has 0 radical (unpaired) electrons. The largest absolute Gasteiger partial charge is 0.504 e. The van der Waals surface area contributed by atoms with Gasteiger partial charge in [0.15, 0.2) is 17.5 Å². The summed E-state index contributed by atoms with van der Waals surface area (Å²) in [6.07, 6.45) is 8.38. The molecule has 0 saturated heterocycles. The maximum atomic E-state index is 11.6. The quantitative estimate of drug-likeness (QED) is 0.178. The van der Waals surface area contributed by atoms with Gasteiger partial charge in [-0.1, -0.05) is 18.2 Å². The van der Waals surface area contributed by atoms with Crippen molar-refractivity contribution in [1.29, 1.82) is 0 Å². The summed E-state index contributed by atoms with van der Waals surface area (Å²) in [5, 5.41) is 23.6. The average Bonchev–Trinajstić information content (AvgIpc) is 2.77. The molecule has 0 heterocycles. The third-order valence-corrected chi connectivity index (χ3v) is 5.85. The standard InChI is InChI=1S/C24H37N3O5/c1-16(28)32-20(12-8-17-9-13-22(30)23(14-17)31-3)15-19(29)11-10-18-6-4-5-7-21(18)27-24(25)26-2/h5,7,9,13-14,18-21,29-30H,4,6,8,10-12,15H2,1-3H3,(H3,25,26,27). The normalized spacial score (nSPS) is 20.4. The van der Waals surface area contributed by atoms with Crippen LogP contribution in [0.5, 0.6) is 11.5 Å². The second-order valence-electron chi connectivity index (χ2n) is 8.29. The molecule has 4 atom stereocenters. The fraction of sp³-hybridized carbons (Fsp3) is 0.583. The van der Waals surface area contributed by atoms with Gasteiger partial charge in [0.2, 0.25) is 0 Å². The molecule has 4 unspecified atom stereocenters. The summed E-state index contributed by atoms with van der Waals surface area (Å²) in [6, 6.07) is 5.27. The second-order valence-corrected chi connectivity index (χ2v) is 8.29. The number of hydrogen-bond acceptors (Lipinski definition) is 6. The van der Waals surface area contributed by atoms with Gasteiger partial charge in [-0.15, -0.1) is 0 Å². The van der Waals surface area contributed by atoms with Crippen molar-refractivity contribution in [1.82, 2.24) is 5.32 Å². The minimum Gasteiger partial charge on any atom is -0.504 e. The minimum atomic E-state index is -0.572. The van der Waals surface area contributed by atoms with Crippen LogP contribution in [-0.2, 0) is 16.0 Å². The summed E-state index contributed by atoms with van der Waals surface area (Å²) in [5.74, 6) is 0.895. The highest BCUT2D eigenvalue weighted by Gasteiger charge is 2.24. The number of nitrogens with one attached hydrogen (secondary N) is 1. The highest BCUT2D eigenvalue weighted by molar-refractivity contribution is 5.78. The first-order valence-corrected chi connectivity index (χ1v) is 11.2.